The summed E-state index contributed by atoms with van der Waals surface area (Å²) in [5.74, 6) is 1.67. The van der Waals surface area contributed by atoms with Gasteiger partial charge in [-0.25, -0.2) is 0 Å². The highest BCUT2D eigenvalue weighted by molar-refractivity contribution is 6.30. The van der Waals surface area contributed by atoms with Gasteiger partial charge in [-0.3, -0.25) is 14.5 Å². The zero-order valence-electron chi connectivity index (χ0n) is 15.8. The van der Waals surface area contributed by atoms with Crippen LogP contribution in [0.3, 0.4) is 0 Å². The number of hydrogen-bond donors (Lipinski definition) is 0. The third-order valence-electron chi connectivity index (χ3n) is 5.67. The van der Waals surface area contributed by atoms with Crippen LogP contribution in [0.2, 0.25) is 5.02 Å². The number of likely N-dealkylation sites (tertiary alicyclic amines) is 2. The molecule has 2 aliphatic heterocycles. The molecule has 4 nitrogen and oxygen atoms in total. The molecule has 0 aromatic heterocycles. The molecule has 0 N–H and O–H groups in total. The summed E-state index contributed by atoms with van der Waals surface area (Å²) in [6.45, 7) is 8.33. The summed E-state index contributed by atoms with van der Waals surface area (Å²) in [6, 6.07) is 7.14. The fraction of sp³-hybridized carbons (Fsp3) is 0.619. The largest absolute Gasteiger partial charge is 0.341 e. The van der Waals surface area contributed by atoms with Gasteiger partial charge >= 0.3 is 0 Å². The lowest BCUT2D eigenvalue weighted by molar-refractivity contribution is -0.135. The Kier molecular flexibility index (Phi) is 6.36. The Morgan fingerprint density at radius 2 is 1.62 bits per heavy atom. The molecule has 0 unspecified atom stereocenters. The topological polar surface area (TPSA) is 40.6 Å². The first-order valence-electron chi connectivity index (χ1n) is 9.72. The van der Waals surface area contributed by atoms with Gasteiger partial charge < -0.3 is 4.90 Å². The van der Waals surface area contributed by atoms with E-state index in [1.807, 2.05) is 4.90 Å². The molecule has 0 bridgehead atoms. The molecule has 0 saturated carbocycles. The van der Waals surface area contributed by atoms with Crippen LogP contribution in [0, 0.1) is 17.8 Å². The highest BCUT2D eigenvalue weighted by Gasteiger charge is 2.29. The second-order valence-electron chi connectivity index (χ2n) is 8.17. The van der Waals surface area contributed by atoms with Crippen molar-refractivity contribution in [3.05, 3.63) is 34.9 Å². The number of halogens is 1. The number of amides is 1. The Balaban J connectivity index is 1.48. The normalized spacial score (nSPS) is 25.3. The van der Waals surface area contributed by atoms with E-state index in [-0.39, 0.29) is 17.6 Å². The molecular weight excluding hydrogens is 348 g/mol. The minimum Gasteiger partial charge on any atom is -0.341 e. The number of nitrogens with zero attached hydrogens (tertiary/aromatic N) is 2. The van der Waals surface area contributed by atoms with Gasteiger partial charge in [0.05, 0.1) is 6.54 Å². The molecule has 2 saturated heterocycles. The van der Waals surface area contributed by atoms with Crippen molar-refractivity contribution in [2.24, 2.45) is 17.8 Å². The first kappa shape index (κ1) is 19.4. The van der Waals surface area contributed by atoms with Gasteiger partial charge in [0.15, 0.2) is 5.78 Å². The fourth-order valence-corrected chi connectivity index (χ4v) is 4.49. The highest BCUT2D eigenvalue weighted by Crippen LogP contribution is 2.24. The van der Waals surface area contributed by atoms with Gasteiger partial charge in [-0.05, 0) is 68.5 Å². The molecule has 142 valence electrons. The monoisotopic (exact) mass is 376 g/mol. The van der Waals surface area contributed by atoms with Crippen LogP contribution in [0.5, 0.6) is 0 Å². The second kappa shape index (κ2) is 8.53. The van der Waals surface area contributed by atoms with Crippen molar-refractivity contribution in [1.29, 1.82) is 0 Å². The van der Waals surface area contributed by atoms with Gasteiger partial charge in [0.1, 0.15) is 0 Å². The quantitative estimate of drug-likeness (QED) is 0.751. The zero-order chi connectivity index (χ0) is 18.7. The molecule has 26 heavy (non-hydrogen) atoms. The summed E-state index contributed by atoms with van der Waals surface area (Å²) >= 11 is 5.90. The van der Waals surface area contributed by atoms with Crippen molar-refractivity contribution in [1.82, 2.24) is 9.80 Å². The molecule has 0 spiro atoms. The summed E-state index contributed by atoms with van der Waals surface area (Å²) in [7, 11) is 0. The Bertz CT molecular complexity index is 628. The third kappa shape index (κ3) is 4.86. The van der Waals surface area contributed by atoms with Crippen LogP contribution in [-0.4, -0.2) is 54.2 Å². The van der Waals surface area contributed by atoms with E-state index < -0.39 is 0 Å². The smallest absolute Gasteiger partial charge is 0.236 e. The van der Waals surface area contributed by atoms with Crippen LogP contribution in [0.15, 0.2) is 24.3 Å². The Morgan fingerprint density at radius 1 is 1.04 bits per heavy atom. The van der Waals surface area contributed by atoms with E-state index in [0.717, 1.165) is 44.6 Å². The highest BCUT2D eigenvalue weighted by atomic mass is 35.5. The van der Waals surface area contributed by atoms with Crippen LogP contribution < -0.4 is 0 Å². The number of piperidine rings is 2. The lowest BCUT2D eigenvalue weighted by Gasteiger charge is -2.37. The minimum absolute atomic E-state index is 0.0533. The molecule has 2 fully saturated rings. The van der Waals surface area contributed by atoms with Gasteiger partial charge in [-0.1, -0.05) is 25.4 Å². The van der Waals surface area contributed by atoms with Crippen molar-refractivity contribution < 1.29 is 9.59 Å². The minimum atomic E-state index is 0.0533. The number of carbonyl (C=O) groups excluding carboxylic acids is 2. The summed E-state index contributed by atoms with van der Waals surface area (Å²) in [6.07, 6.45) is 2.85. The van der Waals surface area contributed by atoms with E-state index in [4.69, 9.17) is 11.6 Å². The first-order chi connectivity index (χ1) is 12.4. The van der Waals surface area contributed by atoms with E-state index in [0.29, 0.717) is 23.4 Å². The summed E-state index contributed by atoms with van der Waals surface area (Å²) in [4.78, 5) is 29.5. The average Bonchev–Trinajstić information content (AvgIpc) is 2.61. The summed E-state index contributed by atoms with van der Waals surface area (Å²) in [5, 5.41) is 0.649. The summed E-state index contributed by atoms with van der Waals surface area (Å²) < 4.78 is 0. The van der Waals surface area contributed by atoms with Crippen LogP contribution in [0.4, 0.5) is 0 Å². The predicted molar refractivity (Wildman–Crippen MR) is 104 cm³/mol. The van der Waals surface area contributed by atoms with Gasteiger partial charge in [0.25, 0.3) is 0 Å². The molecule has 2 aliphatic rings. The predicted octanol–water partition coefficient (Wildman–Crippen LogP) is 3.74. The molecule has 1 amide bonds. The maximum Gasteiger partial charge on any atom is 0.236 e. The molecular formula is C21H29ClN2O2. The van der Waals surface area contributed by atoms with Crippen molar-refractivity contribution >= 4 is 23.3 Å². The molecule has 5 heteroatoms. The van der Waals surface area contributed by atoms with Gasteiger partial charge in [0, 0.05) is 29.6 Å². The van der Waals surface area contributed by atoms with Crippen molar-refractivity contribution in [2.45, 2.75) is 33.1 Å². The van der Waals surface area contributed by atoms with E-state index in [9.17, 15) is 9.59 Å². The number of ketones is 1. The van der Waals surface area contributed by atoms with Crippen molar-refractivity contribution in [3.63, 3.8) is 0 Å². The van der Waals surface area contributed by atoms with Crippen LogP contribution in [0.1, 0.15) is 43.5 Å². The van der Waals surface area contributed by atoms with Gasteiger partial charge in [0.2, 0.25) is 5.91 Å². The molecule has 2 atom stereocenters. The summed E-state index contributed by atoms with van der Waals surface area (Å²) in [5.41, 5.74) is 0.736. The van der Waals surface area contributed by atoms with E-state index in [1.54, 1.807) is 24.3 Å². The number of hydrogen-bond acceptors (Lipinski definition) is 3. The number of benzene rings is 1. The van der Waals surface area contributed by atoms with Crippen LogP contribution >= 0.6 is 11.6 Å². The third-order valence-corrected chi connectivity index (χ3v) is 5.92. The average molecular weight is 377 g/mol. The van der Waals surface area contributed by atoms with E-state index >= 15 is 0 Å². The lowest BCUT2D eigenvalue weighted by atomic mass is 9.89. The Labute approximate surface area is 161 Å². The zero-order valence-corrected chi connectivity index (χ0v) is 16.5. The second-order valence-corrected chi connectivity index (χ2v) is 8.60. The molecule has 1 aromatic carbocycles. The SMILES string of the molecule is C[C@@H]1C[C@H](C)CN(C(=O)CN2CCC(C(=O)c3ccc(Cl)cc3)CC2)C1. The molecule has 3 rings (SSSR count). The molecule has 2 heterocycles. The molecule has 0 aliphatic carbocycles. The van der Waals surface area contributed by atoms with Crippen molar-refractivity contribution in [3.8, 4) is 0 Å². The molecule has 0 radical (unpaired) electrons. The number of carbonyl (C=O) groups is 2. The maximum absolute atomic E-state index is 12.6. The number of rotatable bonds is 4. The fourth-order valence-electron chi connectivity index (χ4n) is 4.36. The maximum atomic E-state index is 12.6. The van der Waals surface area contributed by atoms with Gasteiger partial charge in [-0.15, -0.1) is 0 Å². The van der Waals surface area contributed by atoms with E-state index in [2.05, 4.69) is 18.7 Å². The van der Waals surface area contributed by atoms with Crippen LogP contribution in [0.25, 0.3) is 0 Å². The van der Waals surface area contributed by atoms with Crippen molar-refractivity contribution in [2.75, 3.05) is 32.7 Å². The number of Topliss-reactive ketones (excluding diaryl/α,β-unsaturated/α-hetero) is 1. The molecule has 1 aromatic rings. The Hall–Kier alpha value is -1.39. The standard InChI is InChI=1S/C21H29ClN2O2/c1-15-11-16(2)13-24(12-15)20(25)14-23-9-7-18(8-10-23)21(26)17-3-5-19(22)6-4-17/h3-6,15-16,18H,7-14H2,1-2H3/t15-,16+. The lowest BCUT2D eigenvalue weighted by Crippen LogP contribution is -2.48. The Morgan fingerprint density at radius 3 is 2.19 bits per heavy atom. The van der Waals surface area contributed by atoms with Crippen LogP contribution in [-0.2, 0) is 4.79 Å². The first-order valence-corrected chi connectivity index (χ1v) is 10.1. The van der Waals surface area contributed by atoms with E-state index in [1.165, 1.54) is 6.42 Å². The van der Waals surface area contributed by atoms with Gasteiger partial charge in [-0.2, -0.15) is 0 Å².